The third-order valence-electron chi connectivity index (χ3n) is 4.97. The Balaban J connectivity index is 1.98. The number of nitrogens with one attached hydrogen (secondary N) is 1. The van der Waals surface area contributed by atoms with Crippen molar-refractivity contribution in [3.63, 3.8) is 0 Å². The summed E-state index contributed by atoms with van der Waals surface area (Å²) in [6.45, 7) is 1.11. The van der Waals surface area contributed by atoms with E-state index in [1.807, 2.05) is 19.0 Å². The summed E-state index contributed by atoms with van der Waals surface area (Å²) < 4.78 is 1.39. The summed E-state index contributed by atoms with van der Waals surface area (Å²) in [6.07, 6.45) is 1.98. The van der Waals surface area contributed by atoms with Crippen molar-refractivity contribution in [2.24, 2.45) is 7.05 Å². The van der Waals surface area contributed by atoms with Gasteiger partial charge in [-0.05, 0) is 43.5 Å². The molecule has 166 valence electrons. The molecule has 4 N–H and O–H groups in total. The van der Waals surface area contributed by atoms with Crippen molar-refractivity contribution in [1.82, 2.24) is 24.2 Å². The molecule has 0 aliphatic carbocycles. The lowest BCUT2D eigenvalue weighted by Crippen LogP contribution is -2.46. The molecule has 0 bridgehead atoms. The number of anilines is 1. The van der Waals surface area contributed by atoms with E-state index in [-0.39, 0.29) is 18.7 Å². The average molecular weight is 430 g/mol. The molecule has 2 heterocycles. The highest BCUT2D eigenvalue weighted by Crippen LogP contribution is 2.27. The lowest BCUT2D eigenvalue weighted by Gasteiger charge is -2.22. The minimum Gasteiger partial charge on any atom is -0.396 e. The Morgan fingerprint density at radius 3 is 2.55 bits per heavy atom. The van der Waals surface area contributed by atoms with Crippen molar-refractivity contribution in [1.29, 1.82) is 0 Å². The van der Waals surface area contributed by atoms with E-state index >= 15 is 0 Å². The Kier molecular flexibility index (Phi) is 6.98. The van der Waals surface area contributed by atoms with Crippen LogP contribution in [0.15, 0.2) is 41.5 Å². The van der Waals surface area contributed by atoms with E-state index in [0.29, 0.717) is 47.6 Å². The summed E-state index contributed by atoms with van der Waals surface area (Å²) >= 11 is 0. The number of hydrogen-bond donors (Lipinski definition) is 4. The molecule has 0 amide bonds. The molecule has 0 saturated carbocycles. The van der Waals surface area contributed by atoms with Crippen molar-refractivity contribution in [2.75, 3.05) is 45.7 Å². The van der Waals surface area contributed by atoms with Gasteiger partial charge >= 0.3 is 0 Å². The Labute approximate surface area is 180 Å². The zero-order chi connectivity index (χ0) is 22.6. The fraction of sp³-hybridized carbons (Fsp3) is 0.381. The first-order valence-electron chi connectivity index (χ1n) is 10.0. The lowest BCUT2D eigenvalue weighted by molar-refractivity contribution is -0.291. The van der Waals surface area contributed by atoms with Crippen LogP contribution in [-0.2, 0) is 7.05 Å². The van der Waals surface area contributed by atoms with Gasteiger partial charge < -0.3 is 19.9 Å². The van der Waals surface area contributed by atoms with E-state index in [9.17, 15) is 15.2 Å². The maximum Gasteiger partial charge on any atom is 0.264 e. The number of likely N-dealkylation sites (N-methyl/N-ethyl adjacent to an activating group) is 1. The molecule has 0 spiro atoms. The first-order chi connectivity index (χ1) is 14.7. The van der Waals surface area contributed by atoms with E-state index in [2.05, 4.69) is 15.3 Å². The van der Waals surface area contributed by atoms with Crippen LogP contribution in [0.3, 0.4) is 0 Å². The van der Waals surface area contributed by atoms with Gasteiger partial charge in [-0.1, -0.05) is 0 Å². The largest absolute Gasteiger partial charge is 0.396 e. The normalized spacial score (nSPS) is 12.0. The van der Waals surface area contributed by atoms with E-state index in [4.69, 9.17) is 5.11 Å². The number of pyridine rings is 1. The maximum atomic E-state index is 12.6. The molecule has 0 radical (unpaired) electrons. The molecule has 0 aliphatic heterocycles. The number of nitrogens with zero attached hydrogens (tertiary/aromatic N) is 5. The number of hydrogen-bond acceptors (Lipinski definition) is 8. The van der Waals surface area contributed by atoms with Gasteiger partial charge in [0.25, 0.3) is 5.56 Å². The summed E-state index contributed by atoms with van der Waals surface area (Å²) in [7, 11) is 5.35. The Morgan fingerprint density at radius 2 is 1.90 bits per heavy atom. The van der Waals surface area contributed by atoms with Crippen LogP contribution in [0, 0.1) is 0 Å². The standard InChI is InChI=1S/C21H28N6O4/c1-25(2)10-11-27(30,31)16-7-5-15(6-8-16)17-13-18-19(21(29)26(3)14-23-18)20(24-17)22-9-4-12-28/h5-8,13-14,28,30-31H,4,9-12H2,1-3H3/p+1. The molecule has 10 nitrogen and oxygen atoms in total. The molecule has 0 aliphatic rings. The topological polar surface area (TPSA) is 124 Å². The molecule has 0 fully saturated rings. The van der Waals surface area contributed by atoms with E-state index in [1.165, 1.54) is 10.9 Å². The Bertz CT molecular complexity index is 1100. The highest BCUT2D eigenvalue weighted by molar-refractivity contribution is 5.91. The second-order valence-electron chi connectivity index (χ2n) is 7.72. The Morgan fingerprint density at radius 1 is 1.19 bits per heavy atom. The molecule has 3 aromatic rings. The molecule has 3 rings (SSSR count). The predicted octanol–water partition coefficient (Wildman–Crippen LogP) is 1.44. The van der Waals surface area contributed by atoms with Gasteiger partial charge in [-0.15, -0.1) is 0 Å². The van der Waals surface area contributed by atoms with Gasteiger partial charge in [0.1, 0.15) is 11.2 Å². The van der Waals surface area contributed by atoms with Crippen molar-refractivity contribution in [3.8, 4) is 11.3 Å². The van der Waals surface area contributed by atoms with Gasteiger partial charge in [-0.25, -0.2) is 9.97 Å². The maximum absolute atomic E-state index is 12.6. The molecule has 0 unspecified atom stereocenters. The zero-order valence-electron chi connectivity index (χ0n) is 18.0. The van der Waals surface area contributed by atoms with Gasteiger partial charge in [0.2, 0.25) is 0 Å². The van der Waals surface area contributed by atoms with E-state index < -0.39 is 4.81 Å². The summed E-state index contributed by atoms with van der Waals surface area (Å²) in [5, 5.41) is 33.2. The predicted molar refractivity (Wildman–Crippen MR) is 119 cm³/mol. The minimum atomic E-state index is -1.21. The highest BCUT2D eigenvalue weighted by Gasteiger charge is 2.26. The summed E-state index contributed by atoms with van der Waals surface area (Å²) in [6, 6.07) is 8.49. The fourth-order valence-corrected chi connectivity index (χ4v) is 3.12. The van der Waals surface area contributed by atoms with Crippen LogP contribution in [0.5, 0.6) is 0 Å². The van der Waals surface area contributed by atoms with E-state index in [1.54, 1.807) is 37.4 Å². The monoisotopic (exact) mass is 429 g/mol. The van der Waals surface area contributed by atoms with Crippen molar-refractivity contribution < 1.29 is 15.5 Å². The minimum absolute atomic E-state index is 0.0263. The molecule has 31 heavy (non-hydrogen) atoms. The molecular weight excluding hydrogens is 400 g/mol. The molecule has 2 aromatic heterocycles. The number of fused-ring (bicyclic) bond motifs is 1. The van der Waals surface area contributed by atoms with Crippen molar-refractivity contribution in [2.45, 2.75) is 6.42 Å². The number of quaternary nitrogens is 1. The van der Waals surface area contributed by atoms with Crippen LogP contribution >= 0.6 is 0 Å². The van der Waals surface area contributed by atoms with Crippen LogP contribution < -0.4 is 15.7 Å². The number of rotatable bonds is 9. The third kappa shape index (κ3) is 5.24. The van der Waals surface area contributed by atoms with Crippen LogP contribution in [0.25, 0.3) is 22.2 Å². The molecule has 0 atom stereocenters. The molecular formula is C21H29N6O4+. The van der Waals surface area contributed by atoms with Crippen LogP contribution in [0.4, 0.5) is 11.5 Å². The quantitative estimate of drug-likeness (QED) is 0.229. The van der Waals surface area contributed by atoms with Gasteiger partial charge in [-0.2, -0.15) is 10.4 Å². The van der Waals surface area contributed by atoms with Crippen LogP contribution in [-0.4, -0.2) is 75.3 Å². The first-order valence-corrected chi connectivity index (χ1v) is 10.0. The van der Waals surface area contributed by atoms with Gasteiger partial charge in [-0.3, -0.25) is 4.79 Å². The third-order valence-corrected chi connectivity index (χ3v) is 4.97. The smallest absolute Gasteiger partial charge is 0.264 e. The number of aromatic nitrogens is 3. The van der Waals surface area contributed by atoms with E-state index in [0.717, 1.165) is 5.56 Å². The van der Waals surface area contributed by atoms with Gasteiger partial charge in [0.15, 0.2) is 12.2 Å². The van der Waals surface area contributed by atoms with Crippen LogP contribution in [0.1, 0.15) is 6.42 Å². The number of aliphatic hydroxyl groups is 1. The second kappa shape index (κ2) is 9.50. The first kappa shape index (κ1) is 22.8. The molecule has 1 aromatic carbocycles. The average Bonchev–Trinajstić information content (AvgIpc) is 2.75. The molecule has 0 saturated heterocycles. The highest BCUT2D eigenvalue weighted by atomic mass is 16.8. The van der Waals surface area contributed by atoms with Crippen LogP contribution in [0.2, 0.25) is 0 Å². The lowest BCUT2D eigenvalue weighted by atomic mass is 10.1. The van der Waals surface area contributed by atoms with Gasteiger partial charge in [0, 0.05) is 37.9 Å². The number of aliphatic hydroxyl groups excluding tert-OH is 1. The SMILES string of the molecule is CN(C)CC[N+](O)(O)c1ccc(-c2cc3ncn(C)c(=O)c3c(NCCCO)n2)cc1. The Hall–Kier alpha value is -2.89. The summed E-state index contributed by atoms with van der Waals surface area (Å²) in [5.74, 6) is 0.402. The van der Waals surface area contributed by atoms with Crippen molar-refractivity contribution >= 4 is 22.4 Å². The molecule has 10 heteroatoms. The number of hydroxylamine groups is 2. The number of aryl methyl sites for hydroxylation is 1. The second-order valence-corrected chi connectivity index (χ2v) is 7.72. The number of benzene rings is 1. The zero-order valence-corrected chi connectivity index (χ0v) is 18.0. The summed E-state index contributed by atoms with van der Waals surface area (Å²) in [4.78, 5) is 22.3. The summed E-state index contributed by atoms with van der Waals surface area (Å²) in [5.41, 5.74) is 1.96. The fourth-order valence-electron chi connectivity index (χ4n) is 3.12. The van der Waals surface area contributed by atoms with Gasteiger partial charge in [0.05, 0.1) is 24.1 Å². The van der Waals surface area contributed by atoms with Crippen molar-refractivity contribution in [3.05, 3.63) is 47.0 Å².